The molecule has 0 bridgehead atoms. The lowest BCUT2D eigenvalue weighted by atomic mass is 10.1. The first-order valence-corrected chi connectivity index (χ1v) is 11.6. The van der Waals surface area contributed by atoms with Gasteiger partial charge >= 0.3 is 5.97 Å². The number of carboxylic acid groups (broad SMARTS) is 1. The summed E-state index contributed by atoms with van der Waals surface area (Å²) in [5, 5.41) is 8.57. The fourth-order valence-electron chi connectivity index (χ4n) is 3.41. The van der Waals surface area contributed by atoms with Crippen molar-refractivity contribution in [3.63, 3.8) is 0 Å². The van der Waals surface area contributed by atoms with E-state index in [4.69, 9.17) is 5.11 Å². The van der Waals surface area contributed by atoms with E-state index in [1.807, 2.05) is 0 Å². The topological polar surface area (TPSA) is 37.3 Å². The van der Waals surface area contributed by atoms with E-state index in [-0.39, 0.29) is 0 Å². The Hall–Kier alpha value is -0.790. The molecule has 0 saturated heterocycles. The van der Waals surface area contributed by atoms with Gasteiger partial charge in [0, 0.05) is 6.42 Å². The summed E-state index contributed by atoms with van der Waals surface area (Å²) in [6, 6.07) is 0. The fourth-order valence-corrected chi connectivity index (χ4v) is 3.41. The van der Waals surface area contributed by atoms with E-state index in [0.717, 1.165) is 12.8 Å². The molecular formula is C24H46O2. The van der Waals surface area contributed by atoms with E-state index in [9.17, 15) is 4.79 Å². The van der Waals surface area contributed by atoms with Gasteiger partial charge in [0.2, 0.25) is 0 Å². The third kappa shape index (κ3) is 23.2. The van der Waals surface area contributed by atoms with Gasteiger partial charge in [-0.25, -0.2) is 0 Å². The van der Waals surface area contributed by atoms with Gasteiger partial charge in [-0.3, -0.25) is 4.79 Å². The van der Waals surface area contributed by atoms with Crippen LogP contribution >= 0.6 is 0 Å². The van der Waals surface area contributed by atoms with Crippen molar-refractivity contribution in [3.8, 4) is 0 Å². The van der Waals surface area contributed by atoms with Gasteiger partial charge in [-0.05, 0) is 32.1 Å². The summed E-state index contributed by atoms with van der Waals surface area (Å²) in [4.78, 5) is 10.4. The van der Waals surface area contributed by atoms with Crippen LogP contribution in [0.3, 0.4) is 0 Å². The predicted octanol–water partition coefficient (Wildman–Crippen LogP) is 8.45. The molecule has 1 N–H and O–H groups in total. The van der Waals surface area contributed by atoms with E-state index in [1.54, 1.807) is 0 Å². The third-order valence-corrected chi connectivity index (χ3v) is 5.15. The summed E-state index contributed by atoms with van der Waals surface area (Å²) in [6.07, 6.45) is 30.1. The highest BCUT2D eigenvalue weighted by molar-refractivity contribution is 5.66. The smallest absolute Gasteiger partial charge is 0.303 e. The minimum Gasteiger partial charge on any atom is -0.481 e. The molecule has 0 fully saturated rings. The Morgan fingerprint density at radius 2 is 0.923 bits per heavy atom. The van der Waals surface area contributed by atoms with Crippen LogP contribution in [-0.2, 0) is 4.79 Å². The molecule has 0 amide bonds. The number of hydrogen-bond donors (Lipinski definition) is 1. The van der Waals surface area contributed by atoms with Crippen molar-refractivity contribution >= 4 is 5.97 Å². The summed E-state index contributed by atoms with van der Waals surface area (Å²) in [5.74, 6) is -0.656. The number of hydrogen-bond acceptors (Lipinski definition) is 1. The maximum Gasteiger partial charge on any atom is 0.303 e. The van der Waals surface area contributed by atoms with Gasteiger partial charge in [-0.1, -0.05) is 109 Å². The van der Waals surface area contributed by atoms with Crippen molar-refractivity contribution in [2.24, 2.45) is 0 Å². The molecule has 0 heterocycles. The van der Waals surface area contributed by atoms with Crippen LogP contribution in [0.25, 0.3) is 0 Å². The Balaban J connectivity index is 3.07. The van der Waals surface area contributed by atoms with Gasteiger partial charge in [-0.2, -0.15) is 0 Å². The molecule has 0 rings (SSSR count). The molecule has 2 nitrogen and oxygen atoms in total. The molecular weight excluding hydrogens is 320 g/mol. The lowest BCUT2D eigenvalue weighted by Crippen LogP contribution is -1.93. The molecule has 0 spiro atoms. The van der Waals surface area contributed by atoms with Crippen molar-refractivity contribution in [1.82, 2.24) is 0 Å². The SMILES string of the molecule is CCCCCCCCCCC=CCCCCCCCCCCCC(=O)O. The van der Waals surface area contributed by atoms with Crippen molar-refractivity contribution in [1.29, 1.82) is 0 Å². The van der Waals surface area contributed by atoms with Crippen LogP contribution in [0.15, 0.2) is 12.2 Å². The van der Waals surface area contributed by atoms with Crippen LogP contribution < -0.4 is 0 Å². The van der Waals surface area contributed by atoms with E-state index >= 15 is 0 Å². The Labute approximate surface area is 163 Å². The molecule has 0 aromatic rings. The van der Waals surface area contributed by atoms with Gasteiger partial charge in [0.1, 0.15) is 0 Å². The molecule has 0 radical (unpaired) electrons. The maximum atomic E-state index is 10.4. The quantitative estimate of drug-likeness (QED) is 0.163. The second kappa shape index (κ2) is 22.3. The van der Waals surface area contributed by atoms with E-state index in [1.165, 1.54) is 109 Å². The first-order chi connectivity index (χ1) is 12.8. The van der Waals surface area contributed by atoms with Crippen LogP contribution in [0.5, 0.6) is 0 Å². The Morgan fingerprint density at radius 1 is 0.577 bits per heavy atom. The highest BCUT2D eigenvalue weighted by Gasteiger charge is 1.96. The summed E-state index contributed by atoms with van der Waals surface area (Å²) in [6.45, 7) is 2.28. The standard InChI is InChI=1S/C24H46O2/c1-2-3-4-5-6-7-8-9-10-11-12-13-14-15-16-17-18-19-20-21-22-23-24(25)26/h11-12H,2-10,13-23H2,1H3,(H,25,26). The second-order valence-corrected chi connectivity index (χ2v) is 7.85. The van der Waals surface area contributed by atoms with Crippen LogP contribution in [0, 0.1) is 0 Å². The number of aliphatic carboxylic acids is 1. The van der Waals surface area contributed by atoms with Gasteiger partial charge in [0.25, 0.3) is 0 Å². The Morgan fingerprint density at radius 3 is 1.31 bits per heavy atom. The van der Waals surface area contributed by atoms with Gasteiger partial charge in [-0.15, -0.1) is 0 Å². The molecule has 2 heteroatoms. The predicted molar refractivity (Wildman–Crippen MR) is 115 cm³/mol. The number of carbonyl (C=O) groups is 1. The number of allylic oxidation sites excluding steroid dienone is 2. The van der Waals surface area contributed by atoms with Crippen molar-refractivity contribution in [2.75, 3.05) is 0 Å². The van der Waals surface area contributed by atoms with Gasteiger partial charge < -0.3 is 5.11 Å². The average Bonchev–Trinajstić information content (AvgIpc) is 2.62. The van der Waals surface area contributed by atoms with Gasteiger partial charge in [0.05, 0.1) is 0 Å². The molecule has 0 aromatic heterocycles. The number of carboxylic acids is 1. The zero-order valence-corrected chi connectivity index (χ0v) is 17.7. The molecule has 0 aliphatic rings. The zero-order valence-electron chi connectivity index (χ0n) is 17.7. The summed E-state index contributed by atoms with van der Waals surface area (Å²) in [5.41, 5.74) is 0. The third-order valence-electron chi connectivity index (χ3n) is 5.15. The monoisotopic (exact) mass is 366 g/mol. The molecule has 154 valence electrons. The summed E-state index contributed by atoms with van der Waals surface area (Å²) in [7, 11) is 0. The Kier molecular flexibility index (Phi) is 21.6. The molecule has 0 saturated carbocycles. The molecule has 0 aromatic carbocycles. The van der Waals surface area contributed by atoms with Crippen LogP contribution in [0.1, 0.15) is 135 Å². The lowest BCUT2D eigenvalue weighted by Gasteiger charge is -2.01. The number of unbranched alkanes of at least 4 members (excludes halogenated alkanes) is 17. The molecule has 0 unspecified atom stereocenters. The molecule has 0 aliphatic heterocycles. The molecule has 0 atom stereocenters. The van der Waals surface area contributed by atoms with Crippen LogP contribution in [0.4, 0.5) is 0 Å². The Bertz CT molecular complexity index is 309. The average molecular weight is 367 g/mol. The highest BCUT2D eigenvalue weighted by atomic mass is 16.4. The first kappa shape index (κ1) is 25.2. The first-order valence-electron chi connectivity index (χ1n) is 11.6. The highest BCUT2D eigenvalue weighted by Crippen LogP contribution is 2.12. The lowest BCUT2D eigenvalue weighted by molar-refractivity contribution is -0.137. The van der Waals surface area contributed by atoms with E-state index in [2.05, 4.69) is 19.1 Å². The van der Waals surface area contributed by atoms with Crippen molar-refractivity contribution < 1.29 is 9.90 Å². The largest absolute Gasteiger partial charge is 0.481 e. The van der Waals surface area contributed by atoms with E-state index < -0.39 is 5.97 Å². The van der Waals surface area contributed by atoms with Crippen LogP contribution in [0.2, 0.25) is 0 Å². The van der Waals surface area contributed by atoms with Gasteiger partial charge in [0.15, 0.2) is 0 Å². The van der Waals surface area contributed by atoms with Crippen molar-refractivity contribution in [3.05, 3.63) is 12.2 Å². The second-order valence-electron chi connectivity index (χ2n) is 7.85. The van der Waals surface area contributed by atoms with Crippen molar-refractivity contribution in [2.45, 2.75) is 135 Å². The maximum absolute atomic E-state index is 10.4. The molecule has 26 heavy (non-hydrogen) atoms. The van der Waals surface area contributed by atoms with E-state index in [0.29, 0.717) is 6.42 Å². The fraction of sp³-hybridized carbons (Fsp3) is 0.875. The van der Waals surface area contributed by atoms with Crippen LogP contribution in [-0.4, -0.2) is 11.1 Å². The molecule has 0 aliphatic carbocycles. The summed E-state index contributed by atoms with van der Waals surface area (Å²) >= 11 is 0. The minimum absolute atomic E-state index is 0.340. The number of rotatable bonds is 21. The summed E-state index contributed by atoms with van der Waals surface area (Å²) < 4.78 is 0. The minimum atomic E-state index is -0.656. The normalized spacial score (nSPS) is 11.4. The zero-order chi connectivity index (χ0) is 19.1.